The lowest BCUT2D eigenvalue weighted by Crippen LogP contribution is -2.30. The number of hydrogen-bond acceptors (Lipinski definition) is 6. The first-order valence-corrected chi connectivity index (χ1v) is 10.0. The van der Waals surface area contributed by atoms with E-state index in [0.717, 1.165) is 16.3 Å². The Kier molecular flexibility index (Phi) is 6.61. The van der Waals surface area contributed by atoms with E-state index in [1.54, 1.807) is 41.7 Å². The van der Waals surface area contributed by atoms with E-state index in [9.17, 15) is 9.59 Å². The summed E-state index contributed by atoms with van der Waals surface area (Å²) in [5.41, 5.74) is 2.90. The molecule has 0 aliphatic carbocycles. The van der Waals surface area contributed by atoms with Crippen LogP contribution in [0, 0.1) is 13.8 Å². The number of thiazole rings is 1. The molecule has 0 saturated heterocycles. The van der Waals surface area contributed by atoms with Gasteiger partial charge in [0.15, 0.2) is 6.10 Å². The van der Waals surface area contributed by atoms with Gasteiger partial charge in [0.1, 0.15) is 12.4 Å². The lowest BCUT2D eigenvalue weighted by Gasteiger charge is -2.14. The number of aromatic nitrogens is 1. The second-order valence-electron chi connectivity index (χ2n) is 6.58. The Morgan fingerprint density at radius 1 is 1.14 bits per heavy atom. The summed E-state index contributed by atoms with van der Waals surface area (Å²) >= 11 is 1.57. The summed E-state index contributed by atoms with van der Waals surface area (Å²) in [6, 6.07) is 14.0. The number of amides is 1. The van der Waals surface area contributed by atoms with Crippen LogP contribution in [-0.4, -0.2) is 23.0 Å². The van der Waals surface area contributed by atoms with Crippen molar-refractivity contribution in [1.82, 2.24) is 4.98 Å². The molecule has 1 atom stereocenters. The second-order valence-corrected chi connectivity index (χ2v) is 7.64. The number of carbonyl (C=O) groups excluding carboxylic acids is 2. The Morgan fingerprint density at radius 3 is 2.55 bits per heavy atom. The summed E-state index contributed by atoms with van der Waals surface area (Å²) in [6.07, 6.45) is -0.924. The van der Waals surface area contributed by atoms with E-state index in [-0.39, 0.29) is 5.91 Å². The Hall–Kier alpha value is -3.19. The number of benzene rings is 2. The maximum atomic E-state index is 12.3. The van der Waals surface area contributed by atoms with Crippen LogP contribution in [0.2, 0.25) is 0 Å². The van der Waals surface area contributed by atoms with Gasteiger partial charge in [-0.1, -0.05) is 12.1 Å². The van der Waals surface area contributed by atoms with Gasteiger partial charge in [0.2, 0.25) is 0 Å². The molecule has 1 unspecified atom stereocenters. The maximum Gasteiger partial charge on any atom is 0.338 e. The topological polar surface area (TPSA) is 77.5 Å². The minimum atomic E-state index is -0.924. The fraction of sp³-hybridized carbons (Fsp3) is 0.227. The molecule has 0 bridgehead atoms. The quantitative estimate of drug-likeness (QED) is 0.580. The third-order valence-electron chi connectivity index (χ3n) is 4.08. The summed E-state index contributed by atoms with van der Waals surface area (Å²) in [4.78, 5) is 28.9. The van der Waals surface area contributed by atoms with E-state index in [1.165, 1.54) is 6.92 Å². The van der Waals surface area contributed by atoms with E-state index < -0.39 is 12.1 Å². The average molecular weight is 410 g/mol. The van der Waals surface area contributed by atoms with Crippen LogP contribution in [0.3, 0.4) is 0 Å². The molecule has 3 aromatic rings. The predicted octanol–water partition coefficient (Wildman–Crippen LogP) is 4.52. The zero-order valence-corrected chi connectivity index (χ0v) is 17.3. The molecular formula is C22H22N2O4S. The molecule has 1 N–H and O–H groups in total. The van der Waals surface area contributed by atoms with Gasteiger partial charge in [0, 0.05) is 11.1 Å². The lowest BCUT2D eigenvalue weighted by molar-refractivity contribution is -0.123. The number of nitrogens with zero attached hydrogens (tertiary/aromatic N) is 1. The van der Waals surface area contributed by atoms with Crippen LogP contribution in [0.25, 0.3) is 0 Å². The Balaban J connectivity index is 1.52. The van der Waals surface area contributed by atoms with Crippen LogP contribution in [0.1, 0.15) is 33.5 Å². The van der Waals surface area contributed by atoms with Gasteiger partial charge in [-0.15, -0.1) is 11.3 Å². The van der Waals surface area contributed by atoms with Crippen LogP contribution in [-0.2, 0) is 16.1 Å². The molecule has 7 heteroatoms. The van der Waals surface area contributed by atoms with Gasteiger partial charge in [-0.2, -0.15) is 0 Å². The van der Waals surface area contributed by atoms with Gasteiger partial charge in [0.05, 0.1) is 16.3 Å². The average Bonchev–Trinajstić information content (AvgIpc) is 3.12. The van der Waals surface area contributed by atoms with Crippen molar-refractivity contribution in [3.8, 4) is 5.75 Å². The standard InChI is InChI=1S/C22H22N2O4S/c1-14-5-4-6-18(11-14)24-21(25)15(2)28-22(26)17-7-9-20(10-8-17)27-12-19-13-29-16(3)23-19/h4-11,13,15H,12H2,1-3H3,(H,24,25). The smallest absolute Gasteiger partial charge is 0.338 e. The van der Waals surface area contributed by atoms with Gasteiger partial charge >= 0.3 is 5.97 Å². The number of rotatable bonds is 7. The second kappa shape index (κ2) is 9.34. The lowest BCUT2D eigenvalue weighted by atomic mass is 10.2. The number of nitrogens with one attached hydrogen (secondary N) is 1. The number of esters is 1. The Morgan fingerprint density at radius 2 is 1.90 bits per heavy atom. The van der Waals surface area contributed by atoms with Gasteiger partial charge in [0.25, 0.3) is 5.91 Å². The zero-order valence-electron chi connectivity index (χ0n) is 16.5. The normalized spacial score (nSPS) is 11.6. The third kappa shape index (κ3) is 5.89. The minimum Gasteiger partial charge on any atom is -0.487 e. The number of carbonyl (C=O) groups is 2. The highest BCUT2D eigenvalue weighted by Gasteiger charge is 2.19. The first-order chi connectivity index (χ1) is 13.9. The summed E-state index contributed by atoms with van der Waals surface area (Å²) < 4.78 is 10.9. The molecule has 0 aliphatic heterocycles. The molecule has 150 valence electrons. The van der Waals surface area contributed by atoms with Gasteiger partial charge in [-0.3, -0.25) is 4.79 Å². The molecule has 0 radical (unpaired) electrons. The van der Waals surface area contributed by atoms with Crippen molar-refractivity contribution in [2.75, 3.05) is 5.32 Å². The largest absolute Gasteiger partial charge is 0.487 e. The summed E-state index contributed by atoms with van der Waals surface area (Å²) in [6.45, 7) is 5.78. The first kappa shape index (κ1) is 20.5. The number of aryl methyl sites for hydroxylation is 2. The molecule has 0 saturated carbocycles. The van der Waals surface area contributed by atoms with Gasteiger partial charge < -0.3 is 14.8 Å². The summed E-state index contributed by atoms with van der Waals surface area (Å²) in [5.74, 6) is -0.335. The highest BCUT2D eigenvalue weighted by Crippen LogP contribution is 2.17. The zero-order chi connectivity index (χ0) is 20.8. The van der Waals surface area contributed by atoms with Crippen molar-refractivity contribution >= 4 is 28.9 Å². The van der Waals surface area contributed by atoms with Crippen LogP contribution >= 0.6 is 11.3 Å². The molecule has 0 fully saturated rings. The van der Waals surface area contributed by atoms with Crippen molar-refractivity contribution in [3.05, 3.63) is 75.7 Å². The van der Waals surface area contributed by atoms with Crippen LogP contribution in [0.4, 0.5) is 5.69 Å². The van der Waals surface area contributed by atoms with Crippen molar-refractivity contribution < 1.29 is 19.1 Å². The molecule has 2 aromatic carbocycles. The van der Waals surface area contributed by atoms with E-state index >= 15 is 0 Å². The first-order valence-electron chi connectivity index (χ1n) is 9.13. The van der Waals surface area contributed by atoms with Gasteiger partial charge in [-0.25, -0.2) is 9.78 Å². The number of ether oxygens (including phenoxy) is 2. The Bertz CT molecular complexity index is 998. The minimum absolute atomic E-state index is 0.344. The van der Waals surface area contributed by atoms with Crippen molar-refractivity contribution in [2.24, 2.45) is 0 Å². The molecule has 29 heavy (non-hydrogen) atoms. The van der Waals surface area contributed by atoms with Crippen molar-refractivity contribution in [3.63, 3.8) is 0 Å². The molecule has 0 spiro atoms. The van der Waals surface area contributed by atoms with Crippen LogP contribution < -0.4 is 10.1 Å². The predicted molar refractivity (Wildman–Crippen MR) is 112 cm³/mol. The summed E-state index contributed by atoms with van der Waals surface area (Å²) in [5, 5.41) is 5.68. The Labute approximate surface area is 173 Å². The SMILES string of the molecule is Cc1cccc(NC(=O)C(C)OC(=O)c2ccc(OCc3csc(C)n3)cc2)c1. The molecule has 1 heterocycles. The monoisotopic (exact) mass is 410 g/mol. The van der Waals surface area contributed by atoms with Crippen molar-refractivity contribution in [1.29, 1.82) is 0 Å². The third-order valence-corrected chi connectivity index (χ3v) is 4.90. The fourth-order valence-corrected chi connectivity index (χ4v) is 3.17. The van der Waals surface area contributed by atoms with Crippen LogP contribution in [0.5, 0.6) is 5.75 Å². The molecular weight excluding hydrogens is 388 g/mol. The fourth-order valence-electron chi connectivity index (χ4n) is 2.57. The highest BCUT2D eigenvalue weighted by atomic mass is 32.1. The van der Waals surface area contributed by atoms with Gasteiger partial charge in [-0.05, 0) is 62.7 Å². The molecule has 6 nitrogen and oxygen atoms in total. The number of anilines is 1. The highest BCUT2D eigenvalue weighted by molar-refractivity contribution is 7.09. The summed E-state index contributed by atoms with van der Waals surface area (Å²) in [7, 11) is 0. The van der Waals surface area contributed by atoms with E-state index in [2.05, 4.69) is 10.3 Å². The molecule has 1 aromatic heterocycles. The maximum absolute atomic E-state index is 12.3. The van der Waals surface area contributed by atoms with Crippen molar-refractivity contribution in [2.45, 2.75) is 33.5 Å². The molecule has 0 aliphatic rings. The van der Waals surface area contributed by atoms with E-state index in [0.29, 0.717) is 23.6 Å². The number of hydrogen-bond donors (Lipinski definition) is 1. The molecule has 1 amide bonds. The van der Waals surface area contributed by atoms with Crippen LogP contribution in [0.15, 0.2) is 53.9 Å². The van der Waals surface area contributed by atoms with E-state index in [4.69, 9.17) is 9.47 Å². The molecule has 3 rings (SSSR count). The van der Waals surface area contributed by atoms with E-state index in [1.807, 2.05) is 37.4 Å².